The number of para-hydroxylation sites is 1. The number of aromatic amines is 1. The fourth-order valence-corrected chi connectivity index (χ4v) is 1.88. The monoisotopic (exact) mass is 218 g/mol. The molecular weight excluding hydrogens is 204 g/mol. The molecule has 1 aromatic heterocycles. The molecule has 2 atom stereocenters. The fraction of sp³-hybridized carbons (Fsp3) is 0.250. The standard InChI is InChI=1S/C12H14N2O2/c1-7(11(13)12(15)16)9-6-14-10-5-3-2-4-8(9)10/h2-7,11,14H,13H2,1H3,(H,15,16)/t7-,11-/m0/s1. The van der Waals surface area contributed by atoms with Crippen molar-refractivity contribution in [3.63, 3.8) is 0 Å². The lowest BCUT2D eigenvalue weighted by Crippen LogP contribution is -2.35. The number of hydrogen-bond acceptors (Lipinski definition) is 2. The largest absolute Gasteiger partial charge is 0.480 e. The van der Waals surface area contributed by atoms with Gasteiger partial charge in [0.1, 0.15) is 6.04 Å². The van der Waals surface area contributed by atoms with Crippen molar-refractivity contribution in [3.8, 4) is 0 Å². The van der Waals surface area contributed by atoms with Gasteiger partial charge in [0.2, 0.25) is 0 Å². The minimum Gasteiger partial charge on any atom is -0.480 e. The van der Waals surface area contributed by atoms with Crippen molar-refractivity contribution in [1.82, 2.24) is 4.98 Å². The number of aliphatic carboxylic acids is 1. The number of benzene rings is 1. The summed E-state index contributed by atoms with van der Waals surface area (Å²) >= 11 is 0. The average molecular weight is 218 g/mol. The molecule has 0 amide bonds. The van der Waals surface area contributed by atoms with Crippen LogP contribution >= 0.6 is 0 Å². The first-order chi connectivity index (χ1) is 7.61. The van der Waals surface area contributed by atoms with Crippen molar-refractivity contribution in [3.05, 3.63) is 36.0 Å². The van der Waals surface area contributed by atoms with Gasteiger partial charge in [-0.15, -0.1) is 0 Å². The number of nitrogens with one attached hydrogen (secondary N) is 1. The number of carbonyl (C=O) groups is 1. The molecule has 2 rings (SSSR count). The summed E-state index contributed by atoms with van der Waals surface area (Å²) in [5.74, 6) is -1.19. The molecule has 0 unspecified atom stereocenters. The minimum atomic E-state index is -0.974. The Morgan fingerprint density at radius 3 is 2.81 bits per heavy atom. The third-order valence-corrected chi connectivity index (χ3v) is 2.94. The molecule has 2 aromatic rings. The van der Waals surface area contributed by atoms with E-state index in [4.69, 9.17) is 10.8 Å². The van der Waals surface area contributed by atoms with E-state index in [9.17, 15) is 4.79 Å². The van der Waals surface area contributed by atoms with Crippen molar-refractivity contribution in [2.24, 2.45) is 5.73 Å². The predicted octanol–water partition coefficient (Wildman–Crippen LogP) is 1.68. The Bertz CT molecular complexity index is 518. The van der Waals surface area contributed by atoms with E-state index in [-0.39, 0.29) is 5.92 Å². The highest BCUT2D eigenvalue weighted by Gasteiger charge is 2.23. The Morgan fingerprint density at radius 2 is 2.12 bits per heavy atom. The van der Waals surface area contributed by atoms with Crippen molar-refractivity contribution < 1.29 is 9.90 Å². The molecule has 84 valence electrons. The highest BCUT2D eigenvalue weighted by molar-refractivity contribution is 5.85. The van der Waals surface area contributed by atoms with Gasteiger partial charge in [0, 0.05) is 23.0 Å². The third-order valence-electron chi connectivity index (χ3n) is 2.94. The van der Waals surface area contributed by atoms with Crippen LogP contribution in [-0.2, 0) is 4.79 Å². The SMILES string of the molecule is C[C@@H](c1c[nH]c2ccccc12)[C@H](N)C(=O)O. The van der Waals surface area contributed by atoms with Crippen molar-refractivity contribution in [1.29, 1.82) is 0 Å². The van der Waals surface area contributed by atoms with Crippen LogP contribution in [0.4, 0.5) is 0 Å². The Balaban J connectivity index is 2.44. The zero-order valence-corrected chi connectivity index (χ0v) is 8.97. The maximum Gasteiger partial charge on any atom is 0.321 e. The van der Waals surface area contributed by atoms with E-state index in [0.717, 1.165) is 16.5 Å². The van der Waals surface area contributed by atoms with Crippen LogP contribution in [0.15, 0.2) is 30.5 Å². The molecule has 4 N–H and O–H groups in total. The van der Waals surface area contributed by atoms with Crippen molar-refractivity contribution in [2.45, 2.75) is 18.9 Å². The van der Waals surface area contributed by atoms with E-state index in [1.807, 2.05) is 37.4 Å². The highest BCUT2D eigenvalue weighted by Crippen LogP contribution is 2.26. The van der Waals surface area contributed by atoms with E-state index in [2.05, 4.69) is 4.98 Å². The first-order valence-corrected chi connectivity index (χ1v) is 5.15. The second kappa shape index (κ2) is 3.98. The van der Waals surface area contributed by atoms with E-state index >= 15 is 0 Å². The van der Waals surface area contributed by atoms with E-state index in [0.29, 0.717) is 0 Å². The fourth-order valence-electron chi connectivity index (χ4n) is 1.88. The first kappa shape index (κ1) is 10.7. The Kier molecular flexibility index (Phi) is 2.66. The molecule has 16 heavy (non-hydrogen) atoms. The normalized spacial score (nSPS) is 14.9. The summed E-state index contributed by atoms with van der Waals surface area (Å²) in [6.07, 6.45) is 1.83. The number of rotatable bonds is 3. The molecule has 0 aliphatic heterocycles. The zero-order chi connectivity index (χ0) is 11.7. The van der Waals surface area contributed by atoms with Gasteiger partial charge in [-0.05, 0) is 11.6 Å². The van der Waals surface area contributed by atoms with Gasteiger partial charge in [0.05, 0.1) is 0 Å². The molecule has 0 aliphatic carbocycles. The van der Waals surface area contributed by atoms with Crippen molar-refractivity contribution in [2.75, 3.05) is 0 Å². The van der Waals surface area contributed by atoms with Gasteiger partial charge in [-0.25, -0.2) is 0 Å². The van der Waals surface area contributed by atoms with Gasteiger partial charge < -0.3 is 15.8 Å². The molecule has 0 bridgehead atoms. The van der Waals surface area contributed by atoms with Gasteiger partial charge in [-0.3, -0.25) is 4.79 Å². The molecule has 0 saturated carbocycles. The molecule has 4 nitrogen and oxygen atoms in total. The molecule has 0 aliphatic rings. The number of carboxylic acids is 1. The van der Waals surface area contributed by atoms with Crippen LogP contribution in [0.5, 0.6) is 0 Å². The molecule has 4 heteroatoms. The Labute approximate surface area is 93.1 Å². The Hall–Kier alpha value is -1.81. The second-order valence-electron chi connectivity index (χ2n) is 3.94. The average Bonchev–Trinajstić information content (AvgIpc) is 2.70. The third kappa shape index (κ3) is 1.67. The molecule has 1 heterocycles. The van der Waals surface area contributed by atoms with Gasteiger partial charge in [0.25, 0.3) is 0 Å². The van der Waals surface area contributed by atoms with Gasteiger partial charge in [-0.2, -0.15) is 0 Å². The molecule has 0 saturated heterocycles. The molecular formula is C12H14N2O2. The van der Waals surface area contributed by atoms with Gasteiger partial charge >= 0.3 is 5.97 Å². The molecule has 0 radical (unpaired) electrons. The zero-order valence-electron chi connectivity index (χ0n) is 8.97. The lowest BCUT2D eigenvalue weighted by Gasteiger charge is -2.15. The summed E-state index contributed by atoms with van der Waals surface area (Å²) in [5.41, 5.74) is 7.58. The number of hydrogen-bond donors (Lipinski definition) is 3. The maximum absolute atomic E-state index is 10.8. The van der Waals surface area contributed by atoms with E-state index in [1.165, 1.54) is 0 Å². The maximum atomic E-state index is 10.8. The number of fused-ring (bicyclic) bond motifs is 1. The minimum absolute atomic E-state index is 0.214. The lowest BCUT2D eigenvalue weighted by atomic mass is 9.93. The molecule has 0 spiro atoms. The number of nitrogens with two attached hydrogens (primary N) is 1. The summed E-state index contributed by atoms with van der Waals surface area (Å²) in [6, 6.07) is 6.91. The van der Waals surface area contributed by atoms with Crippen LogP contribution in [0.25, 0.3) is 10.9 Å². The van der Waals surface area contributed by atoms with Crippen LogP contribution in [-0.4, -0.2) is 22.1 Å². The number of H-pyrrole nitrogens is 1. The van der Waals surface area contributed by atoms with Crippen LogP contribution in [0, 0.1) is 0 Å². The van der Waals surface area contributed by atoms with Crippen LogP contribution in [0.1, 0.15) is 18.4 Å². The van der Waals surface area contributed by atoms with Gasteiger partial charge in [-0.1, -0.05) is 25.1 Å². The number of aromatic nitrogens is 1. The summed E-state index contributed by atoms with van der Waals surface area (Å²) in [7, 11) is 0. The van der Waals surface area contributed by atoms with Crippen LogP contribution < -0.4 is 5.73 Å². The summed E-state index contributed by atoms with van der Waals surface area (Å²) in [5, 5.41) is 9.92. The summed E-state index contributed by atoms with van der Waals surface area (Å²) < 4.78 is 0. The van der Waals surface area contributed by atoms with E-state index < -0.39 is 12.0 Å². The smallest absolute Gasteiger partial charge is 0.321 e. The molecule has 0 fully saturated rings. The summed E-state index contributed by atoms with van der Waals surface area (Å²) in [6.45, 7) is 1.83. The lowest BCUT2D eigenvalue weighted by molar-refractivity contribution is -0.138. The van der Waals surface area contributed by atoms with Crippen LogP contribution in [0.2, 0.25) is 0 Å². The topological polar surface area (TPSA) is 79.1 Å². The predicted molar refractivity (Wildman–Crippen MR) is 62.3 cm³/mol. The second-order valence-corrected chi connectivity index (χ2v) is 3.94. The Morgan fingerprint density at radius 1 is 1.44 bits per heavy atom. The molecule has 1 aromatic carbocycles. The summed E-state index contributed by atoms with van der Waals surface area (Å²) in [4.78, 5) is 14.0. The first-order valence-electron chi connectivity index (χ1n) is 5.15. The van der Waals surface area contributed by atoms with E-state index in [1.54, 1.807) is 0 Å². The highest BCUT2D eigenvalue weighted by atomic mass is 16.4. The quantitative estimate of drug-likeness (QED) is 0.733. The number of carboxylic acid groups (broad SMARTS) is 1. The van der Waals surface area contributed by atoms with Crippen molar-refractivity contribution >= 4 is 16.9 Å². The van der Waals surface area contributed by atoms with Gasteiger partial charge in [0.15, 0.2) is 0 Å². The van der Waals surface area contributed by atoms with Crippen LogP contribution in [0.3, 0.4) is 0 Å².